The number of fused-ring (bicyclic) bond motifs is 1. The number of amides is 1. The van der Waals surface area contributed by atoms with Gasteiger partial charge in [0.2, 0.25) is 0 Å². The summed E-state index contributed by atoms with van der Waals surface area (Å²) in [5.41, 5.74) is 3.36. The van der Waals surface area contributed by atoms with Crippen LogP contribution in [0.4, 0.5) is 0 Å². The molecule has 1 atom stereocenters. The van der Waals surface area contributed by atoms with E-state index in [9.17, 15) is 4.79 Å². The minimum atomic E-state index is -0.0631. The molecule has 7 nitrogen and oxygen atoms in total. The van der Waals surface area contributed by atoms with Crippen molar-refractivity contribution in [2.45, 2.75) is 32.4 Å². The van der Waals surface area contributed by atoms with Crippen LogP contribution in [0.25, 0.3) is 11.0 Å². The molecule has 0 radical (unpaired) electrons. The molecule has 2 aromatic heterocycles. The number of hydrogen-bond donors (Lipinski definition) is 1. The number of aryl methyl sites for hydroxylation is 1. The maximum atomic E-state index is 13.1. The molecule has 0 spiro atoms. The van der Waals surface area contributed by atoms with Crippen LogP contribution in [0, 0.1) is 6.92 Å². The van der Waals surface area contributed by atoms with Crippen LogP contribution in [-0.2, 0) is 6.73 Å². The van der Waals surface area contributed by atoms with E-state index in [1.165, 1.54) is 0 Å². The number of benzene rings is 2. The molecule has 8 heteroatoms. The van der Waals surface area contributed by atoms with Gasteiger partial charge in [-0.25, -0.2) is 9.67 Å². The average molecular weight is 450 g/mol. The van der Waals surface area contributed by atoms with Crippen molar-refractivity contribution >= 4 is 28.5 Å². The first-order valence-corrected chi connectivity index (χ1v) is 11.1. The fourth-order valence-electron chi connectivity index (χ4n) is 4.11. The zero-order valence-electron chi connectivity index (χ0n) is 17.8. The Labute approximate surface area is 191 Å². The molecule has 164 valence electrons. The van der Waals surface area contributed by atoms with Gasteiger partial charge in [-0.15, -0.1) is 0 Å². The van der Waals surface area contributed by atoms with Gasteiger partial charge in [0.25, 0.3) is 5.91 Å². The van der Waals surface area contributed by atoms with Crippen molar-refractivity contribution in [2.24, 2.45) is 0 Å². The number of likely N-dealkylation sites (tertiary alicyclic amines) is 1. The third kappa shape index (κ3) is 4.21. The third-order valence-electron chi connectivity index (χ3n) is 5.86. The highest BCUT2D eigenvalue weighted by atomic mass is 35.5. The minimum absolute atomic E-state index is 0.0631. The molecule has 1 N–H and O–H groups in total. The Morgan fingerprint density at radius 2 is 2.12 bits per heavy atom. The van der Waals surface area contributed by atoms with E-state index in [1.807, 2.05) is 48.2 Å². The number of halogens is 1. The topological polar surface area (TPSA) is 76.0 Å². The number of nitrogens with zero attached hydrogens (tertiary/aromatic N) is 4. The van der Waals surface area contributed by atoms with E-state index in [4.69, 9.17) is 21.3 Å². The molecule has 1 amide bonds. The van der Waals surface area contributed by atoms with Gasteiger partial charge in [0.1, 0.15) is 11.6 Å². The number of piperidine rings is 1. The summed E-state index contributed by atoms with van der Waals surface area (Å²) in [6.45, 7) is 3.50. The van der Waals surface area contributed by atoms with Gasteiger partial charge in [-0.3, -0.25) is 4.79 Å². The van der Waals surface area contributed by atoms with E-state index >= 15 is 0 Å². The van der Waals surface area contributed by atoms with Crippen LogP contribution in [0.15, 0.2) is 54.7 Å². The monoisotopic (exact) mass is 449 g/mol. The van der Waals surface area contributed by atoms with Gasteiger partial charge in [-0.05, 0) is 61.7 Å². The van der Waals surface area contributed by atoms with Crippen molar-refractivity contribution in [3.05, 3.63) is 76.8 Å². The Kier molecular flexibility index (Phi) is 5.57. The van der Waals surface area contributed by atoms with Crippen molar-refractivity contribution in [1.82, 2.24) is 24.6 Å². The fourth-order valence-corrected chi connectivity index (χ4v) is 4.23. The van der Waals surface area contributed by atoms with Crippen LogP contribution in [0.3, 0.4) is 0 Å². The zero-order chi connectivity index (χ0) is 22.1. The van der Waals surface area contributed by atoms with Gasteiger partial charge in [-0.2, -0.15) is 5.10 Å². The molecule has 5 rings (SSSR count). The van der Waals surface area contributed by atoms with Crippen LogP contribution in [0.5, 0.6) is 5.75 Å². The summed E-state index contributed by atoms with van der Waals surface area (Å²) in [5.74, 6) is 1.78. The maximum Gasteiger partial charge on any atom is 0.274 e. The maximum absolute atomic E-state index is 13.1. The number of carbonyl (C=O) groups excluding carboxylic acids is 1. The molecule has 1 aliphatic heterocycles. The van der Waals surface area contributed by atoms with E-state index in [1.54, 1.807) is 23.0 Å². The lowest BCUT2D eigenvalue weighted by Gasteiger charge is -2.31. The first kappa shape index (κ1) is 20.6. The summed E-state index contributed by atoms with van der Waals surface area (Å²) in [4.78, 5) is 23.1. The highest BCUT2D eigenvalue weighted by molar-refractivity contribution is 6.31. The lowest BCUT2D eigenvalue weighted by molar-refractivity contribution is 0.0697. The zero-order valence-corrected chi connectivity index (χ0v) is 18.5. The van der Waals surface area contributed by atoms with E-state index in [0.29, 0.717) is 23.0 Å². The Hall–Kier alpha value is -3.32. The van der Waals surface area contributed by atoms with E-state index in [0.717, 1.165) is 41.8 Å². The number of aromatic nitrogens is 4. The number of H-pyrrole nitrogens is 1. The Morgan fingerprint density at radius 1 is 1.25 bits per heavy atom. The molecule has 1 aliphatic rings. The van der Waals surface area contributed by atoms with Crippen molar-refractivity contribution < 1.29 is 9.53 Å². The van der Waals surface area contributed by atoms with Gasteiger partial charge in [0.05, 0.1) is 11.0 Å². The van der Waals surface area contributed by atoms with Gasteiger partial charge in [-0.1, -0.05) is 23.7 Å². The second-order valence-electron chi connectivity index (χ2n) is 8.15. The number of ether oxygens (including phenoxy) is 1. The van der Waals surface area contributed by atoms with Gasteiger partial charge < -0.3 is 14.6 Å². The average Bonchev–Trinajstić information content (AvgIpc) is 3.47. The number of para-hydroxylation sites is 2. The second-order valence-corrected chi connectivity index (χ2v) is 8.56. The number of imidazole rings is 1. The molecule has 0 saturated carbocycles. The summed E-state index contributed by atoms with van der Waals surface area (Å²) in [6.07, 6.45) is 3.70. The molecule has 0 aliphatic carbocycles. The standard InChI is InChI=1S/C24H24ClN5O2/c1-16-13-18(8-9-19(16)25)32-15-30-12-10-22(28-30)24(31)29-11-4-5-17(14-29)23-26-20-6-2-3-7-21(20)27-23/h2-3,6-10,12-13,17H,4-5,11,14-15H2,1H3,(H,26,27). The summed E-state index contributed by atoms with van der Waals surface area (Å²) >= 11 is 6.06. The first-order valence-electron chi connectivity index (χ1n) is 10.7. The van der Waals surface area contributed by atoms with Crippen LogP contribution in [0.2, 0.25) is 5.02 Å². The summed E-state index contributed by atoms with van der Waals surface area (Å²) in [5, 5.41) is 5.12. The van der Waals surface area contributed by atoms with Gasteiger partial charge in [0.15, 0.2) is 12.4 Å². The van der Waals surface area contributed by atoms with Crippen LogP contribution in [-0.4, -0.2) is 43.6 Å². The lowest BCUT2D eigenvalue weighted by Crippen LogP contribution is -2.39. The highest BCUT2D eigenvalue weighted by Gasteiger charge is 2.28. The molecule has 1 unspecified atom stereocenters. The van der Waals surface area contributed by atoms with Crippen LogP contribution < -0.4 is 4.74 Å². The van der Waals surface area contributed by atoms with Crippen molar-refractivity contribution in [1.29, 1.82) is 0 Å². The quantitative estimate of drug-likeness (QED) is 0.475. The summed E-state index contributed by atoms with van der Waals surface area (Å²) in [6, 6.07) is 15.2. The normalized spacial score (nSPS) is 16.4. The second kappa shape index (κ2) is 8.67. The number of carbonyl (C=O) groups is 1. The molecular formula is C24H24ClN5O2. The smallest absolute Gasteiger partial charge is 0.274 e. The summed E-state index contributed by atoms with van der Waals surface area (Å²) in [7, 11) is 0. The van der Waals surface area contributed by atoms with Crippen molar-refractivity contribution in [3.8, 4) is 5.75 Å². The number of nitrogens with one attached hydrogen (secondary N) is 1. The predicted molar refractivity (Wildman–Crippen MR) is 123 cm³/mol. The van der Waals surface area contributed by atoms with E-state index < -0.39 is 0 Å². The Morgan fingerprint density at radius 3 is 2.97 bits per heavy atom. The predicted octanol–water partition coefficient (Wildman–Crippen LogP) is 4.78. The number of rotatable bonds is 5. The molecule has 0 bridgehead atoms. The lowest BCUT2D eigenvalue weighted by atomic mass is 9.97. The Bertz CT molecular complexity index is 1230. The Balaban J connectivity index is 1.24. The molecule has 1 fully saturated rings. The largest absolute Gasteiger partial charge is 0.471 e. The molecule has 1 saturated heterocycles. The molecule has 4 aromatic rings. The van der Waals surface area contributed by atoms with E-state index in [-0.39, 0.29) is 18.6 Å². The van der Waals surface area contributed by atoms with Gasteiger partial charge >= 0.3 is 0 Å². The fraction of sp³-hybridized carbons (Fsp3) is 0.292. The molecule has 2 aromatic carbocycles. The van der Waals surface area contributed by atoms with Crippen LogP contribution in [0.1, 0.15) is 40.6 Å². The number of hydrogen-bond acceptors (Lipinski definition) is 4. The SMILES string of the molecule is Cc1cc(OCn2ccc(C(=O)N3CCCC(c4nc5ccccc5[nH]4)C3)n2)ccc1Cl. The molecule has 32 heavy (non-hydrogen) atoms. The van der Waals surface area contributed by atoms with Crippen molar-refractivity contribution in [3.63, 3.8) is 0 Å². The first-order chi connectivity index (χ1) is 15.6. The summed E-state index contributed by atoms with van der Waals surface area (Å²) < 4.78 is 7.40. The minimum Gasteiger partial charge on any atom is -0.471 e. The molecule has 3 heterocycles. The number of aromatic amines is 1. The van der Waals surface area contributed by atoms with Crippen molar-refractivity contribution in [2.75, 3.05) is 13.1 Å². The highest BCUT2D eigenvalue weighted by Crippen LogP contribution is 2.27. The van der Waals surface area contributed by atoms with Gasteiger partial charge in [0, 0.05) is 30.2 Å². The van der Waals surface area contributed by atoms with E-state index in [2.05, 4.69) is 10.1 Å². The third-order valence-corrected chi connectivity index (χ3v) is 6.28. The molecular weight excluding hydrogens is 426 g/mol. The van der Waals surface area contributed by atoms with Crippen LogP contribution >= 0.6 is 11.6 Å².